The van der Waals surface area contributed by atoms with Gasteiger partial charge in [-0.3, -0.25) is 14.4 Å². The number of allylic oxidation sites excluding steroid dienone is 10. The van der Waals surface area contributed by atoms with E-state index < -0.39 is 6.10 Å². The summed E-state index contributed by atoms with van der Waals surface area (Å²) in [5.74, 6) is -0.871. The normalized spacial score (nSPS) is 12.4. The van der Waals surface area contributed by atoms with Gasteiger partial charge in [-0.2, -0.15) is 0 Å². The van der Waals surface area contributed by atoms with Gasteiger partial charge < -0.3 is 14.2 Å². The van der Waals surface area contributed by atoms with E-state index in [0.29, 0.717) is 19.3 Å². The monoisotopic (exact) mass is 1120 g/mol. The third-order valence-corrected chi connectivity index (χ3v) is 15.8. The second kappa shape index (κ2) is 68.6. The lowest BCUT2D eigenvalue weighted by Gasteiger charge is -2.18. The molecule has 0 aromatic heterocycles. The molecule has 466 valence electrons. The summed E-state index contributed by atoms with van der Waals surface area (Å²) >= 11 is 0. The Morgan fingerprint density at radius 3 is 0.775 bits per heavy atom. The van der Waals surface area contributed by atoms with Crippen molar-refractivity contribution in [1.29, 1.82) is 0 Å². The fourth-order valence-electron chi connectivity index (χ4n) is 10.5. The Morgan fingerprint density at radius 1 is 0.263 bits per heavy atom. The SMILES string of the molecule is CC/C=C\C/C=C\C/C=C\C/C=C\CCCCCCCCC(=O)OC(COC(=O)CCCCCCCCCCCC)COC(=O)CCCCCCCCCCCCCCCCCCCCCCC/C=C\CCCCCCCCCC. The largest absolute Gasteiger partial charge is 0.462 e. The van der Waals surface area contributed by atoms with Crippen molar-refractivity contribution in [1.82, 2.24) is 0 Å². The number of carbonyl (C=O) groups is 3. The van der Waals surface area contributed by atoms with Gasteiger partial charge in [-0.1, -0.05) is 332 Å². The van der Waals surface area contributed by atoms with Crippen LogP contribution in [-0.2, 0) is 28.6 Å². The highest BCUT2D eigenvalue weighted by Crippen LogP contribution is 2.18. The first-order valence-corrected chi connectivity index (χ1v) is 35.3. The molecular formula is C74H134O6. The van der Waals surface area contributed by atoms with Gasteiger partial charge in [0.25, 0.3) is 0 Å². The Balaban J connectivity index is 4.08. The first-order chi connectivity index (χ1) is 39.5. The summed E-state index contributed by atoms with van der Waals surface area (Å²) in [4.78, 5) is 38.3. The molecule has 80 heavy (non-hydrogen) atoms. The minimum absolute atomic E-state index is 0.0757. The van der Waals surface area contributed by atoms with E-state index in [0.717, 1.165) is 96.3 Å². The minimum Gasteiger partial charge on any atom is -0.462 e. The van der Waals surface area contributed by atoms with Crippen LogP contribution >= 0.6 is 0 Å². The smallest absolute Gasteiger partial charge is 0.306 e. The van der Waals surface area contributed by atoms with Crippen LogP contribution in [0.25, 0.3) is 0 Å². The lowest BCUT2D eigenvalue weighted by atomic mass is 10.0. The molecule has 0 saturated carbocycles. The maximum Gasteiger partial charge on any atom is 0.306 e. The molecule has 0 saturated heterocycles. The molecule has 0 rings (SSSR count). The molecule has 0 bridgehead atoms. The quantitative estimate of drug-likeness (QED) is 0.0261. The number of hydrogen-bond donors (Lipinski definition) is 0. The van der Waals surface area contributed by atoms with Crippen LogP contribution in [0.4, 0.5) is 0 Å². The number of esters is 3. The van der Waals surface area contributed by atoms with Crippen LogP contribution in [-0.4, -0.2) is 37.2 Å². The highest BCUT2D eigenvalue weighted by atomic mass is 16.6. The van der Waals surface area contributed by atoms with Crippen molar-refractivity contribution < 1.29 is 28.6 Å². The summed E-state index contributed by atoms with van der Waals surface area (Å²) in [6.07, 6.45) is 88.5. The Labute approximate surface area is 498 Å². The second-order valence-corrected chi connectivity index (χ2v) is 23.8. The number of rotatable bonds is 65. The van der Waals surface area contributed by atoms with Gasteiger partial charge in [0, 0.05) is 19.3 Å². The zero-order valence-electron chi connectivity index (χ0n) is 53.6. The molecular weight excluding hydrogens is 985 g/mol. The van der Waals surface area contributed by atoms with E-state index in [-0.39, 0.29) is 31.1 Å². The van der Waals surface area contributed by atoms with Gasteiger partial charge in [0.05, 0.1) is 0 Å². The van der Waals surface area contributed by atoms with Crippen molar-refractivity contribution in [3.63, 3.8) is 0 Å². The average Bonchev–Trinajstić information content (AvgIpc) is 3.46. The highest BCUT2D eigenvalue weighted by Gasteiger charge is 2.19. The number of unbranched alkanes of at least 4 members (excludes halogenated alkanes) is 44. The summed E-state index contributed by atoms with van der Waals surface area (Å²) in [5, 5.41) is 0. The van der Waals surface area contributed by atoms with Crippen LogP contribution in [0.2, 0.25) is 0 Å². The highest BCUT2D eigenvalue weighted by molar-refractivity contribution is 5.71. The van der Waals surface area contributed by atoms with Gasteiger partial charge in [-0.25, -0.2) is 0 Å². The fourth-order valence-corrected chi connectivity index (χ4v) is 10.5. The number of ether oxygens (including phenoxy) is 3. The summed E-state index contributed by atoms with van der Waals surface area (Å²) < 4.78 is 16.9. The molecule has 0 aromatic carbocycles. The number of carbonyl (C=O) groups excluding carboxylic acids is 3. The molecule has 0 radical (unpaired) electrons. The molecule has 0 aromatic rings. The lowest BCUT2D eigenvalue weighted by molar-refractivity contribution is -0.167. The Hall–Kier alpha value is -2.89. The Morgan fingerprint density at radius 2 is 0.487 bits per heavy atom. The lowest BCUT2D eigenvalue weighted by Crippen LogP contribution is -2.30. The van der Waals surface area contributed by atoms with Crippen LogP contribution in [0.15, 0.2) is 60.8 Å². The van der Waals surface area contributed by atoms with Crippen LogP contribution in [0.5, 0.6) is 0 Å². The van der Waals surface area contributed by atoms with Crippen molar-refractivity contribution in [2.24, 2.45) is 0 Å². The van der Waals surface area contributed by atoms with E-state index in [1.165, 1.54) is 238 Å². The molecule has 0 N–H and O–H groups in total. The molecule has 6 heteroatoms. The summed E-state index contributed by atoms with van der Waals surface area (Å²) in [6.45, 7) is 6.55. The van der Waals surface area contributed by atoms with Crippen molar-refractivity contribution in [2.45, 2.75) is 380 Å². The molecule has 0 fully saturated rings. The van der Waals surface area contributed by atoms with E-state index in [4.69, 9.17) is 14.2 Å². The second-order valence-electron chi connectivity index (χ2n) is 23.8. The van der Waals surface area contributed by atoms with Gasteiger partial charge in [0.15, 0.2) is 6.10 Å². The van der Waals surface area contributed by atoms with E-state index in [1.54, 1.807) is 0 Å². The van der Waals surface area contributed by atoms with Crippen molar-refractivity contribution in [2.75, 3.05) is 13.2 Å². The third-order valence-electron chi connectivity index (χ3n) is 15.8. The molecule has 0 amide bonds. The van der Waals surface area contributed by atoms with Crippen LogP contribution in [0.3, 0.4) is 0 Å². The van der Waals surface area contributed by atoms with Gasteiger partial charge in [-0.05, 0) is 83.5 Å². The Kier molecular flexibility index (Phi) is 66.1. The summed E-state index contributed by atoms with van der Waals surface area (Å²) in [5.41, 5.74) is 0. The molecule has 0 aliphatic rings. The van der Waals surface area contributed by atoms with Crippen molar-refractivity contribution >= 4 is 17.9 Å². The Bertz CT molecular complexity index is 1430. The summed E-state index contributed by atoms with van der Waals surface area (Å²) in [7, 11) is 0. The molecule has 1 atom stereocenters. The molecule has 0 aliphatic heterocycles. The first kappa shape index (κ1) is 77.1. The van der Waals surface area contributed by atoms with E-state index in [1.807, 2.05) is 0 Å². The van der Waals surface area contributed by atoms with Crippen molar-refractivity contribution in [3.05, 3.63) is 60.8 Å². The number of hydrogen-bond acceptors (Lipinski definition) is 6. The summed E-state index contributed by atoms with van der Waals surface area (Å²) in [6, 6.07) is 0. The maximum atomic E-state index is 12.9. The van der Waals surface area contributed by atoms with Crippen LogP contribution < -0.4 is 0 Å². The molecule has 1 unspecified atom stereocenters. The molecule has 0 heterocycles. The van der Waals surface area contributed by atoms with Crippen LogP contribution in [0, 0.1) is 0 Å². The topological polar surface area (TPSA) is 78.9 Å². The maximum absolute atomic E-state index is 12.9. The molecule has 6 nitrogen and oxygen atoms in total. The standard InChI is InChI=1S/C74H134O6/c1-4-7-10-13-16-19-22-24-26-28-30-31-32-33-34-35-36-37-38-39-40-41-42-43-45-46-48-50-52-55-58-61-64-67-73(76)79-70-71(69-78-72(75)66-63-60-57-54-21-18-15-12-9-6-3)80-74(77)68-65-62-59-56-53-51-49-47-44-29-27-25-23-20-17-14-11-8-5-2/h8,11,17,20,25,27-28,30,44,47,71H,4-7,9-10,12-16,18-19,21-24,26,29,31-43,45-46,48-70H2,1-3H3/b11-8-,20-17-,27-25-,30-28-,47-44-. The first-order valence-electron chi connectivity index (χ1n) is 35.3. The van der Waals surface area contributed by atoms with Crippen LogP contribution in [0.1, 0.15) is 374 Å². The predicted octanol–water partition coefficient (Wildman–Crippen LogP) is 24.3. The predicted molar refractivity (Wildman–Crippen MR) is 348 cm³/mol. The zero-order valence-corrected chi connectivity index (χ0v) is 53.6. The van der Waals surface area contributed by atoms with Gasteiger partial charge in [0.2, 0.25) is 0 Å². The van der Waals surface area contributed by atoms with E-state index >= 15 is 0 Å². The molecule has 0 aliphatic carbocycles. The zero-order chi connectivity index (χ0) is 57.8. The van der Waals surface area contributed by atoms with Gasteiger partial charge >= 0.3 is 17.9 Å². The van der Waals surface area contributed by atoms with E-state index in [9.17, 15) is 14.4 Å². The minimum atomic E-state index is -0.779. The molecule has 0 spiro atoms. The van der Waals surface area contributed by atoms with Gasteiger partial charge in [-0.15, -0.1) is 0 Å². The van der Waals surface area contributed by atoms with Gasteiger partial charge in [0.1, 0.15) is 13.2 Å². The van der Waals surface area contributed by atoms with E-state index in [2.05, 4.69) is 81.5 Å². The van der Waals surface area contributed by atoms with Crippen molar-refractivity contribution in [3.8, 4) is 0 Å². The fraction of sp³-hybridized carbons (Fsp3) is 0.824. The third kappa shape index (κ3) is 65.9. The average molecular weight is 1120 g/mol.